The SMILES string of the molecule is CN(Cc1csc(CCN)n1)CC(F)F. The van der Waals surface area contributed by atoms with Gasteiger partial charge in [-0.3, -0.25) is 4.90 Å². The van der Waals surface area contributed by atoms with Gasteiger partial charge in [0.25, 0.3) is 6.43 Å². The first kappa shape index (κ1) is 12.5. The predicted molar refractivity (Wildman–Crippen MR) is 57.2 cm³/mol. The molecular formula is C9H15F2N3S. The number of nitrogens with zero attached hydrogens (tertiary/aromatic N) is 2. The van der Waals surface area contributed by atoms with E-state index in [4.69, 9.17) is 5.73 Å². The van der Waals surface area contributed by atoms with Gasteiger partial charge in [0.1, 0.15) is 0 Å². The van der Waals surface area contributed by atoms with Gasteiger partial charge in [-0.05, 0) is 13.6 Å². The average Bonchev–Trinajstić information content (AvgIpc) is 2.51. The van der Waals surface area contributed by atoms with Gasteiger partial charge < -0.3 is 5.73 Å². The summed E-state index contributed by atoms with van der Waals surface area (Å²) in [6.45, 7) is 0.814. The minimum absolute atomic E-state index is 0.219. The molecule has 0 unspecified atom stereocenters. The number of hydrogen-bond donors (Lipinski definition) is 1. The molecule has 3 nitrogen and oxygen atoms in total. The van der Waals surface area contributed by atoms with Gasteiger partial charge in [-0.25, -0.2) is 13.8 Å². The summed E-state index contributed by atoms with van der Waals surface area (Å²) in [6, 6.07) is 0. The van der Waals surface area contributed by atoms with Gasteiger partial charge >= 0.3 is 0 Å². The summed E-state index contributed by atoms with van der Waals surface area (Å²) in [6.07, 6.45) is -1.54. The highest BCUT2D eigenvalue weighted by Gasteiger charge is 2.09. The van der Waals surface area contributed by atoms with Crippen molar-refractivity contribution >= 4 is 11.3 Å². The Kier molecular flexibility index (Phi) is 5.07. The zero-order valence-corrected chi connectivity index (χ0v) is 9.44. The van der Waals surface area contributed by atoms with Crippen LogP contribution in [0.5, 0.6) is 0 Å². The lowest BCUT2D eigenvalue weighted by molar-refractivity contribution is 0.0971. The number of thiazole rings is 1. The van der Waals surface area contributed by atoms with Crippen LogP contribution in [0.2, 0.25) is 0 Å². The van der Waals surface area contributed by atoms with Crippen LogP contribution in [0.25, 0.3) is 0 Å². The fraction of sp³-hybridized carbons (Fsp3) is 0.667. The van der Waals surface area contributed by atoms with E-state index in [1.54, 1.807) is 11.9 Å². The molecule has 6 heteroatoms. The molecule has 1 aromatic rings. The summed E-state index contributed by atoms with van der Waals surface area (Å²) in [7, 11) is 1.66. The van der Waals surface area contributed by atoms with Crippen molar-refractivity contribution in [3.8, 4) is 0 Å². The largest absolute Gasteiger partial charge is 0.330 e. The topological polar surface area (TPSA) is 42.1 Å². The smallest absolute Gasteiger partial charge is 0.251 e. The summed E-state index contributed by atoms with van der Waals surface area (Å²) >= 11 is 1.53. The van der Waals surface area contributed by atoms with Crippen LogP contribution >= 0.6 is 11.3 Å². The van der Waals surface area contributed by atoms with Gasteiger partial charge in [-0.1, -0.05) is 0 Å². The zero-order chi connectivity index (χ0) is 11.3. The second-order valence-electron chi connectivity index (χ2n) is 3.36. The lowest BCUT2D eigenvalue weighted by atomic mass is 10.4. The highest BCUT2D eigenvalue weighted by Crippen LogP contribution is 2.12. The van der Waals surface area contributed by atoms with Crippen molar-refractivity contribution in [1.82, 2.24) is 9.88 Å². The van der Waals surface area contributed by atoms with E-state index in [1.165, 1.54) is 11.3 Å². The molecule has 0 amide bonds. The molecule has 1 heterocycles. The fourth-order valence-corrected chi connectivity index (χ4v) is 2.04. The lowest BCUT2D eigenvalue weighted by Gasteiger charge is -2.13. The first-order chi connectivity index (χ1) is 7.11. The molecule has 15 heavy (non-hydrogen) atoms. The third kappa shape index (κ3) is 4.63. The van der Waals surface area contributed by atoms with Gasteiger partial charge in [-0.2, -0.15) is 0 Å². The third-order valence-corrected chi connectivity index (χ3v) is 2.80. The van der Waals surface area contributed by atoms with E-state index in [2.05, 4.69) is 4.98 Å². The highest BCUT2D eigenvalue weighted by molar-refractivity contribution is 7.09. The second kappa shape index (κ2) is 6.09. The van der Waals surface area contributed by atoms with Crippen molar-refractivity contribution in [3.63, 3.8) is 0 Å². The molecular weight excluding hydrogens is 220 g/mol. The standard InChI is InChI=1S/C9H15F2N3S/c1-14(5-8(10)11)4-7-6-15-9(13-7)2-3-12/h6,8H,2-5,12H2,1H3. The minimum atomic E-state index is -2.29. The molecule has 0 saturated carbocycles. The normalized spacial score (nSPS) is 11.6. The maximum absolute atomic E-state index is 12.0. The third-order valence-electron chi connectivity index (χ3n) is 1.84. The van der Waals surface area contributed by atoms with Crippen LogP contribution in [0.4, 0.5) is 8.78 Å². The Morgan fingerprint density at radius 3 is 2.93 bits per heavy atom. The number of nitrogens with two attached hydrogens (primary N) is 1. The van der Waals surface area contributed by atoms with E-state index < -0.39 is 6.43 Å². The van der Waals surface area contributed by atoms with Crippen LogP contribution in [-0.4, -0.2) is 36.4 Å². The average molecular weight is 235 g/mol. The highest BCUT2D eigenvalue weighted by atomic mass is 32.1. The Bertz CT molecular complexity index is 291. The van der Waals surface area contributed by atoms with Crippen molar-refractivity contribution in [2.24, 2.45) is 5.73 Å². The zero-order valence-electron chi connectivity index (χ0n) is 8.62. The minimum Gasteiger partial charge on any atom is -0.330 e. The Hall–Kier alpha value is -0.590. The van der Waals surface area contributed by atoms with Crippen LogP contribution in [0.15, 0.2) is 5.38 Å². The molecule has 0 atom stereocenters. The molecule has 2 N–H and O–H groups in total. The van der Waals surface area contributed by atoms with Crippen molar-refractivity contribution in [3.05, 3.63) is 16.1 Å². The van der Waals surface area contributed by atoms with Crippen LogP contribution < -0.4 is 5.73 Å². The number of aromatic nitrogens is 1. The Morgan fingerprint density at radius 2 is 2.33 bits per heavy atom. The maximum Gasteiger partial charge on any atom is 0.251 e. The molecule has 0 aliphatic rings. The van der Waals surface area contributed by atoms with Crippen LogP contribution in [0.3, 0.4) is 0 Å². The quantitative estimate of drug-likeness (QED) is 0.809. The monoisotopic (exact) mass is 235 g/mol. The molecule has 86 valence electrons. The van der Waals surface area contributed by atoms with Gasteiger partial charge in [0.05, 0.1) is 17.2 Å². The number of rotatable bonds is 6. The Balaban J connectivity index is 2.42. The number of alkyl halides is 2. The summed E-state index contributed by atoms with van der Waals surface area (Å²) < 4.78 is 24.1. The summed E-state index contributed by atoms with van der Waals surface area (Å²) in [5.74, 6) is 0. The van der Waals surface area contributed by atoms with Crippen molar-refractivity contribution in [2.45, 2.75) is 19.4 Å². The van der Waals surface area contributed by atoms with E-state index in [1.807, 2.05) is 5.38 Å². The van der Waals surface area contributed by atoms with E-state index in [0.717, 1.165) is 17.1 Å². The van der Waals surface area contributed by atoms with Crippen LogP contribution in [0, 0.1) is 0 Å². The summed E-state index contributed by atoms with van der Waals surface area (Å²) in [5, 5.41) is 2.87. The molecule has 0 bridgehead atoms. The fourth-order valence-electron chi connectivity index (χ4n) is 1.24. The van der Waals surface area contributed by atoms with E-state index in [9.17, 15) is 8.78 Å². The summed E-state index contributed by atoms with van der Waals surface area (Å²) in [5.41, 5.74) is 6.23. The lowest BCUT2D eigenvalue weighted by Crippen LogP contribution is -2.24. The molecule has 1 rings (SSSR count). The summed E-state index contributed by atoms with van der Waals surface area (Å²) in [4.78, 5) is 5.86. The molecule has 0 aliphatic heterocycles. The van der Waals surface area contributed by atoms with Gasteiger partial charge in [-0.15, -0.1) is 11.3 Å². The van der Waals surface area contributed by atoms with Crippen molar-refractivity contribution in [2.75, 3.05) is 20.1 Å². The number of halogens is 2. The number of hydrogen-bond acceptors (Lipinski definition) is 4. The van der Waals surface area contributed by atoms with Gasteiger partial charge in [0.2, 0.25) is 0 Å². The molecule has 0 radical (unpaired) electrons. The molecule has 0 aromatic carbocycles. The van der Waals surface area contributed by atoms with Gasteiger partial charge in [0.15, 0.2) is 0 Å². The Morgan fingerprint density at radius 1 is 1.60 bits per heavy atom. The van der Waals surface area contributed by atoms with Crippen molar-refractivity contribution in [1.29, 1.82) is 0 Å². The Labute approximate surface area is 91.9 Å². The maximum atomic E-state index is 12.0. The molecule has 1 aromatic heterocycles. The predicted octanol–water partition coefficient (Wildman–Crippen LogP) is 1.34. The van der Waals surface area contributed by atoms with Gasteiger partial charge in [0, 0.05) is 18.3 Å². The molecule has 0 spiro atoms. The van der Waals surface area contributed by atoms with E-state index >= 15 is 0 Å². The molecule has 0 fully saturated rings. The second-order valence-corrected chi connectivity index (χ2v) is 4.30. The van der Waals surface area contributed by atoms with E-state index in [-0.39, 0.29) is 6.54 Å². The van der Waals surface area contributed by atoms with Crippen molar-refractivity contribution < 1.29 is 8.78 Å². The first-order valence-electron chi connectivity index (χ1n) is 4.72. The van der Waals surface area contributed by atoms with E-state index in [0.29, 0.717) is 13.1 Å². The first-order valence-corrected chi connectivity index (χ1v) is 5.60. The molecule has 0 aliphatic carbocycles. The van der Waals surface area contributed by atoms with Crippen LogP contribution in [-0.2, 0) is 13.0 Å². The van der Waals surface area contributed by atoms with Crippen LogP contribution in [0.1, 0.15) is 10.7 Å². The molecule has 0 saturated heterocycles.